The van der Waals surface area contributed by atoms with Crippen LogP contribution < -0.4 is 0 Å². The van der Waals surface area contributed by atoms with Crippen molar-refractivity contribution in [3.8, 4) is 0 Å². The molecule has 0 saturated heterocycles. The standard InChI is InChI=1S/C10H16O/c1-8-4-5-10(3,7-11)9(2)6-8/h4,7,9H,5-6H2,1-3H3. The molecule has 0 aromatic heterocycles. The molecule has 0 bridgehead atoms. The summed E-state index contributed by atoms with van der Waals surface area (Å²) in [5.74, 6) is 0.505. The molecule has 2 atom stereocenters. The molecule has 0 aromatic rings. The minimum Gasteiger partial charge on any atom is -0.303 e. The van der Waals surface area contributed by atoms with Gasteiger partial charge in [-0.2, -0.15) is 0 Å². The highest BCUT2D eigenvalue weighted by Crippen LogP contribution is 2.37. The first kappa shape index (κ1) is 8.51. The van der Waals surface area contributed by atoms with Gasteiger partial charge in [0.25, 0.3) is 0 Å². The van der Waals surface area contributed by atoms with Gasteiger partial charge in [-0.1, -0.05) is 25.5 Å². The van der Waals surface area contributed by atoms with Crippen LogP contribution in [0, 0.1) is 11.3 Å². The summed E-state index contributed by atoms with van der Waals surface area (Å²) in [6.45, 7) is 6.35. The van der Waals surface area contributed by atoms with Crippen molar-refractivity contribution in [2.24, 2.45) is 11.3 Å². The number of allylic oxidation sites excluding steroid dienone is 2. The fourth-order valence-electron chi connectivity index (χ4n) is 1.56. The quantitative estimate of drug-likeness (QED) is 0.417. The van der Waals surface area contributed by atoms with Crippen LogP contribution in [0.3, 0.4) is 0 Å². The van der Waals surface area contributed by atoms with Crippen molar-refractivity contribution in [2.75, 3.05) is 0 Å². The number of carbonyl (C=O) groups excluding carboxylic acids is 1. The first-order valence-corrected chi connectivity index (χ1v) is 4.20. The fraction of sp³-hybridized carbons (Fsp3) is 0.700. The molecule has 0 heterocycles. The van der Waals surface area contributed by atoms with E-state index in [1.807, 2.05) is 6.92 Å². The first-order chi connectivity index (χ1) is 5.08. The summed E-state index contributed by atoms with van der Waals surface area (Å²) < 4.78 is 0. The zero-order valence-electron chi connectivity index (χ0n) is 7.55. The molecule has 1 heteroatoms. The lowest BCUT2D eigenvalue weighted by molar-refractivity contribution is -0.117. The number of carbonyl (C=O) groups is 1. The molecule has 0 N–H and O–H groups in total. The van der Waals surface area contributed by atoms with Crippen molar-refractivity contribution >= 4 is 6.29 Å². The second-order valence-corrected chi connectivity index (χ2v) is 3.98. The van der Waals surface area contributed by atoms with Crippen LogP contribution in [-0.4, -0.2) is 6.29 Å². The highest BCUT2D eigenvalue weighted by Gasteiger charge is 2.32. The van der Waals surface area contributed by atoms with Crippen LogP contribution in [0.15, 0.2) is 11.6 Å². The Morgan fingerprint density at radius 1 is 1.73 bits per heavy atom. The zero-order chi connectivity index (χ0) is 8.48. The van der Waals surface area contributed by atoms with Gasteiger partial charge < -0.3 is 4.79 Å². The highest BCUT2D eigenvalue weighted by molar-refractivity contribution is 5.60. The Bertz CT molecular complexity index is 193. The molecule has 0 radical (unpaired) electrons. The molecular formula is C10H16O. The summed E-state index contributed by atoms with van der Waals surface area (Å²) in [4.78, 5) is 10.8. The molecule has 0 amide bonds. The molecule has 0 aliphatic heterocycles. The van der Waals surface area contributed by atoms with E-state index in [2.05, 4.69) is 19.9 Å². The number of aldehydes is 1. The van der Waals surface area contributed by atoms with E-state index in [4.69, 9.17) is 0 Å². The van der Waals surface area contributed by atoms with Gasteiger partial charge in [-0.05, 0) is 25.7 Å². The minimum atomic E-state index is -0.0977. The molecule has 62 valence electrons. The number of hydrogen-bond acceptors (Lipinski definition) is 1. The lowest BCUT2D eigenvalue weighted by Crippen LogP contribution is -2.29. The van der Waals surface area contributed by atoms with Crippen LogP contribution in [0.4, 0.5) is 0 Å². The molecule has 0 fully saturated rings. The van der Waals surface area contributed by atoms with Crippen molar-refractivity contribution in [3.05, 3.63) is 11.6 Å². The van der Waals surface area contributed by atoms with Crippen molar-refractivity contribution < 1.29 is 4.79 Å². The SMILES string of the molecule is CC1=CCC(C)(C=O)C(C)C1. The predicted octanol–water partition coefficient (Wildman–Crippen LogP) is 2.57. The Balaban J connectivity index is 2.80. The third-order valence-corrected chi connectivity index (χ3v) is 2.91. The van der Waals surface area contributed by atoms with Crippen LogP contribution in [0.1, 0.15) is 33.6 Å². The van der Waals surface area contributed by atoms with Gasteiger partial charge in [0.2, 0.25) is 0 Å². The van der Waals surface area contributed by atoms with Gasteiger partial charge in [0.15, 0.2) is 0 Å². The molecular weight excluding hydrogens is 136 g/mol. The summed E-state index contributed by atoms with van der Waals surface area (Å²) in [6.07, 6.45) is 5.30. The van der Waals surface area contributed by atoms with Gasteiger partial charge in [0, 0.05) is 5.41 Å². The van der Waals surface area contributed by atoms with Crippen LogP contribution in [0.25, 0.3) is 0 Å². The normalized spacial score (nSPS) is 38.1. The Morgan fingerprint density at radius 2 is 2.36 bits per heavy atom. The van der Waals surface area contributed by atoms with Crippen molar-refractivity contribution in [1.82, 2.24) is 0 Å². The van der Waals surface area contributed by atoms with E-state index in [0.717, 1.165) is 19.1 Å². The average Bonchev–Trinajstić information content (AvgIpc) is 1.98. The first-order valence-electron chi connectivity index (χ1n) is 4.20. The van der Waals surface area contributed by atoms with Crippen molar-refractivity contribution in [3.63, 3.8) is 0 Å². The third kappa shape index (κ3) is 1.52. The monoisotopic (exact) mass is 152 g/mol. The minimum absolute atomic E-state index is 0.0977. The average molecular weight is 152 g/mol. The van der Waals surface area contributed by atoms with Gasteiger partial charge in [-0.3, -0.25) is 0 Å². The molecule has 1 aliphatic carbocycles. The fourth-order valence-corrected chi connectivity index (χ4v) is 1.56. The topological polar surface area (TPSA) is 17.1 Å². The third-order valence-electron chi connectivity index (χ3n) is 2.91. The largest absolute Gasteiger partial charge is 0.303 e. The lowest BCUT2D eigenvalue weighted by Gasteiger charge is -2.33. The van der Waals surface area contributed by atoms with Crippen LogP contribution in [-0.2, 0) is 4.79 Å². The smallest absolute Gasteiger partial charge is 0.126 e. The van der Waals surface area contributed by atoms with Gasteiger partial charge in [0.1, 0.15) is 6.29 Å². The van der Waals surface area contributed by atoms with E-state index in [-0.39, 0.29) is 5.41 Å². The van der Waals surface area contributed by atoms with E-state index < -0.39 is 0 Å². The Kier molecular flexibility index (Phi) is 2.17. The van der Waals surface area contributed by atoms with Crippen LogP contribution in [0.5, 0.6) is 0 Å². The van der Waals surface area contributed by atoms with E-state index in [1.165, 1.54) is 5.57 Å². The zero-order valence-corrected chi connectivity index (χ0v) is 7.55. The van der Waals surface area contributed by atoms with Crippen LogP contribution >= 0.6 is 0 Å². The van der Waals surface area contributed by atoms with E-state index >= 15 is 0 Å². The Hall–Kier alpha value is -0.590. The molecule has 1 nitrogen and oxygen atoms in total. The predicted molar refractivity (Wildman–Crippen MR) is 46.3 cm³/mol. The van der Waals surface area contributed by atoms with Crippen molar-refractivity contribution in [1.29, 1.82) is 0 Å². The molecule has 2 unspecified atom stereocenters. The van der Waals surface area contributed by atoms with Crippen molar-refractivity contribution in [2.45, 2.75) is 33.6 Å². The van der Waals surface area contributed by atoms with Gasteiger partial charge in [0.05, 0.1) is 0 Å². The molecule has 0 saturated carbocycles. The maximum atomic E-state index is 10.8. The summed E-state index contributed by atoms with van der Waals surface area (Å²) in [5, 5.41) is 0. The van der Waals surface area contributed by atoms with E-state index in [9.17, 15) is 4.79 Å². The Labute approximate surface area is 68.5 Å². The molecule has 0 spiro atoms. The molecule has 0 aromatic carbocycles. The maximum absolute atomic E-state index is 10.8. The second-order valence-electron chi connectivity index (χ2n) is 3.98. The molecule has 1 rings (SSSR count). The Morgan fingerprint density at radius 3 is 2.82 bits per heavy atom. The summed E-state index contributed by atoms with van der Waals surface area (Å²) in [7, 11) is 0. The van der Waals surface area contributed by atoms with Gasteiger partial charge in [-0.15, -0.1) is 0 Å². The molecule has 11 heavy (non-hydrogen) atoms. The number of rotatable bonds is 1. The van der Waals surface area contributed by atoms with E-state index in [0.29, 0.717) is 5.92 Å². The molecule has 1 aliphatic rings. The summed E-state index contributed by atoms with van der Waals surface area (Å²) in [6, 6.07) is 0. The second kappa shape index (κ2) is 2.80. The lowest BCUT2D eigenvalue weighted by atomic mass is 9.70. The maximum Gasteiger partial charge on any atom is 0.126 e. The van der Waals surface area contributed by atoms with Crippen LogP contribution in [0.2, 0.25) is 0 Å². The van der Waals surface area contributed by atoms with Gasteiger partial charge in [-0.25, -0.2) is 0 Å². The summed E-state index contributed by atoms with van der Waals surface area (Å²) in [5.41, 5.74) is 1.33. The number of hydrogen-bond donors (Lipinski definition) is 0. The highest BCUT2D eigenvalue weighted by atomic mass is 16.1. The van der Waals surface area contributed by atoms with Gasteiger partial charge >= 0.3 is 0 Å². The summed E-state index contributed by atoms with van der Waals surface area (Å²) >= 11 is 0. The van der Waals surface area contributed by atoms with E-state index in [1.54, 1.807) is 0 Å².